The predicted octanol–water partition coefficient (Wildman–Crippen LogP) is 2.42. The fourth-order valence-corrected chi connectivity index (χ4v) is 2.45. The van der Waals surface area contributed by atoms with Crippen LogP contribution in [0.15, 0.2) is 0 Å². The first kappa shape index (κ1) is 13.3. The molecule has 2 heterocycles. The Kier molecular flexibility index (Phi) is 3.87. The molecule has 0 aliphatic rings. The largest absolute Gasteiger partial charge is 0.380 e. The van der Waals surface area contributed by atoms with E-state index in [4.69, 9.17) is 17.0 Å². The monoisotopic (exact) mass is 268 g/mol. The van der Waals surface area contributed by atoms with Gasteiger partial charge in [-0.15, -0.1) is 0 Å². The highest BCUT2D eigenvalue weighted by molar-refractivity contribution is 7.71. The molecule has 0 saturated carbocycles. The van der Waals surface area contributed by atoms with Crippen molar-refractivity contribution < 1.29 is 4.74 Å². The highest BCUT2D eigenvalue weighted by atomic mass is 32.1. The van der Waals surface area contributed by atoms with Gasteiger partial charge in [0.05, 0.1) is 18.3 Å². The van der Waals surface area contributed by atoms with Gasteiger partial charge in [0, 0.05) is 14.2 Å². The van der Waals surface area contributed by atoms with E-state index in [1.165, 1.54) is 0 Å². The summed E-state index contributed by atoms with van der Waals surface area (Å²) in [5, 5.41) is 4.55. The number of imidazole rings is 1. The van der Waals surface area contributed by atoms with E-state index >= 15 is 0 Å². The van der Waals surface area contributed by atoms with Gasteiger partial charge in [-0.2, -0.15) is 5.10 Å². The number of hydrogen-bond donors (Lipinski definition) is 1. The zero-order chi connectivity index (χ0) is 13.3. The van der Waals surface area contributed by atoms with Crippen molar-refractivity contribution in [2.45, 2.75) is 39.3 Å². The number of aryl methyl sites for hydroxylation is 2. The Hall–Kier alpha value is -1.14. The molecule has 2 rings (SSSR count). The van der Waals surface area contributed by atoms with Crippen LogP contribution in [-0.2, 0) is 24.8 Å². The summed E-state index contributed by atoms with van der Waals surface area (Å²) >= 11 is 5.39. The molecule has 0 aliphatic carbocycles. The van der Waals surface area contributed by atoms with Crippen molar-refractivity contribution >= 4 is 23.4 Å². The van der Waals surface area contributed by atoms with E-state index < -0.39 is 0 Å². The van der Waals surface area contributed by atoms with Crippen LogP contribution in [0.2, 0.25) is 0 Å². The van der Waals surface area contributed by atoms with Crippen molar-refractivity contribution in [3.63, 3.8) is 0 Å². The molecule has 0 amide bonds. The Morgan fingerprint density at radius 2 is 2.22 bits per heavy atom. The first-order chi connectivity index (χ1) is 8.58. The zero-order valence-corrected chi connectivity index (χ0v) is 12.2. The molecule has 18 heavy (non-hydrogen) atoms. The van der Waals surface area contributed by atoms with Crippen molar-refractivity contribution in [2.75, 3.05) is 7.11 Å². The molecule has 1 N–H and O–H groups in total. The second-order valence-electron chi connectivity index (χ2n) is 4.61. The average Bonchev–Trinajstić information content (AvgIpc) is 2.80. The molecular weight excluding hydrogens is 248 g/mol. The van der Waals surface area contributed by atoms with Crippen molar-refractivity contribution in [1.29, 1.82) is 0 Å². The highest BCUT2D eigenvalue weighted by Crippen LogP contribution is 2.19. The van der Waals surface area contributed by atoms with Crippen LogP contribution in [-0.4, -0.2) is 32.5 Å². The first-order valence-corrected chi connectivity index (χ1v) is 6.66. The molecule has 2 aromatic heterocycles. The topological polar surface area (TPSA) is 47.8 Å². The fraction of sp³-hybridized carbons (Fsp3) is 0.667. The van der Waals surface area contributed by atoms with Gasteiger partial charge in [-0.05, 0) is 25.6 Å². The second kappa shape index (κ2) is 5.24. The predicted molar refractivity (Wildman–Crippen MR) is 74.4 cm³/mol. The smallest absolute Gasteiger partial charge is 0.179 e. The van der Waals surface area contributed by atoms with E-state index in [1.54, 1.807) is 7.11 Å². The van der Waals surface area contributed by atoms with Crippen LogP contribution in [0.4, 0.5) is 0 Å². The molecule has 6 heteroatoms. The average molecular weight is 268 g/mol. The lowest BCUT2D eigenvalue weighted by atomic mass is 10.2. The van der Waals surface area contributed by atoms with Gasteiger partial charge in [0.15, 0.2) is 10.4 Å². The number of ether oxygens (including phenoxy) is 1. The molecule has 0 fully saturated rings. The minimum Gasteiger partial charge on any atom is -0.380 e. The molecule has 0 bridgehead atoms. The SMILES string of the molecule is CCCc1nn(C)c2c1[nH]c(=S)n2CC(C)OC. The van der Waals surface area contributed by atoms with Gasteiger partial charge in [0.25, 0.3) is 0 Å². The normalized spacial score (nSPS) is 13.3. The van der Waals surface area contributed by atoms with Gasteiger partial charge in [0.1, 0.15) is 5.52 Å². The summed E-state index contributed by atoms with van der Waals surface area (Å²) in [5.74, 6) is 0. The summed E-state index contributed by atoms with van der Waals surface area (Å²) in [5.41, 5.74) is 3.20. The molecule has 100 valence electrons. The quantitative estimate of drug-likeness (QED) is 0.847. The third-order valence-electron chi connectivity index (χ3n) is 3.15. The molecule has 0 aliphatic heterocycles. The summed E-state index contributed by atoms with van der Waals surface area (Å²) in [7, 11) is 3.67. The number of fused-ring (bicyclic) bond motifs is 1. The maximum absolute atomic E-state index is 5.39. The Morgan fingerprint density at radius 3 is 2.83 bits per heavy atom. The number of nitrogens with one attached hydrogen (secondary N) is 1. The van der Waals surface area contributed by atoms with Crippen molar-refractivity contribution in [3.8, 4) is 0 Å². The molecular formula is C12H20N4OS. The van der Waals surface area contributed by atoms with Crippen molar-refractivity contribution in [1.82, 2.24) is 19.3 Å². The number of nitrogens with zero attached hydrogens (tertiary/aromatic N) is 3. The lowest BCUT2D eigenvalue weighted by molar-refractivity contribution is 0.103. The van der Waals surface area contributed by atoms with Crippen molar-refractivity contribution in [3.05, 3.63) is 10.5 Å². The molecule has 0 saturated heterocycles. The van der Waals surface area contributed by atoms with E-state index in [0.717, 1.165) is 41.0 Å². The van der Waals surface area contributed by atoms with E-state index in [2.05, 4.69) is 21.6 Å². The van der Waals surface area contributed by atoms with Crippen molar-refractivity contribution in [2.24, 2.45) is 7.05 Å². The van der Waals surface area contributed by atoms with Gasteiger partial charge >= 0.3 is 0 Å². The number of methoxy groups -OCH3 is 1. The van der Waals surface area contributed by atoms with E-state index in [0.29, 0.717) is 0 Å². The standard InChI is InChI=1S/C12H20N4OS/c1-5-6-9-10-11(15(3)14-9)16(12(18)13-10)7-8(2)17-4/h8H,5-7H2,1-4H3,(H,13,18). The van der Waals surface area contributed by atoms with Crippen LogP contribution in [0.25, 0.3) is 11.2 Å². The Labute approximate surface area is 112 Å². The molecule has 0 aromatic carbocycles. The van der Waals surface area contributed by atoms with Crippen LogP contribution >= 0.6 is 12.2 Å². The Balaban J connectivity index is 2.53. The molecule has 1 unspecified atom stereocenters. The summed E-state index contributed by atoms with van der Waals surface area (Å²) in [6.45, 7) is 4.92. The van der Waals surface area contributed by atoms with E-state index in [9.17, 15) is 0 Å². The van der Waals surface area contributed by atoms with Gasteiger partial charge in [-0.25, -0.2) is 0 Å². The molecule has 2 aromatic rings. The third-order valence-corrected chi connectivity index (χ3v) is 3.47. The van der Waals surface area contributed by atoms with Crippen LogP contribution < -0.4 is 0 Å². The zero-order valence-electron chi connectivity index (χ0n) is 11.4. The minimum atomic E-state index is 0.125. The molecule has 5 nitrogen and oxygen atoms in total. The molecule has 1 atom stereocenters. The number of aromatic nitrogens is 4. The van der Waals surface area contributed by atoms with Crippen LogP contribution in [0.3, 0.4) is 0 Å². The fourth-order valence-electron chi connectivity index (χ4n) is 2.19. The highest BCUT2D eigenvalue weighted by Gasteiger charge is 2.15. The number of hydrogen-bond acceptors (Lipinski definition) is 3. The summed E-state index contributed by atoms with van der Waals surface area (Å²) in [6, 6.07) is 0. The number of H-pyrrole nitrogens is 1. The van der Waals surface area contributed by atoms with Crippen LogP contribution in [0.1, 0.15) is 26.0 Å². The van der Waals surface area contributed by atoms with Gasteiger partial charge in [-0.3, -0.25) is 9.25 Å². The summed E-state index contributed by atoms with van der Waals surface area (Å²) in [4.78, 5) is 3.27. The van der Waals surface area contributed by atoms with Crippen LogP contribution in [0.5, 0.6) is 0 Å². The van der Waals surface area contributed by atoms with Gasteiger partial charge in [0.2, 0.25) is 0 Å². The first-order valence-electron chi connectivity index (χ1n) is 6.25. The third kappa shape index (κ3) is 2.22. The van der Waals surface area contributed by atoms with E-state index in [1.807, 2.05) is 18.7 Å². The summed E-state index contributed by atoms with van der Waals surface area (Å²) < 4.78 is 10.0. The summed E-state index contributed by atoms with van der Waals surface area (Å²) in [6.07, 6.45) is 2.17. The van der Waals surface area contributed by atoms with Crippen LogP contribution in [0, 0.1) is 4.77 Å². The lowest BCUT2D eigenvalue weighted by Gasteiger charge is -2.10. The molecule has 0 radical (unpaired) electrons. The number of aromatic amines is 1. The Bertz CT molecular complexity index is 595. The Morgan fingerprint density at radius 1 is 1.50 bits per heavy atom. The molecule has 0 spiro atoms. The van der Waals surface area contributed by atoms with E-state index in [-0.39, 0.29) is 6.10 Å². The van der Waals surface area contributed by atoms with Gasteiger partial charge in [-0.1, -0.05) is 13.3 Å². The van der Waals surface area contributed by atoms with Gasteiger partial charge < -0.3 is 9.72 Å². The minimum absolute atomic E-state index is 0.125. The second-order valence-corrected chi connectivity index (χ2v) is 4.99. The lowest BCUT2D eigenvalue weighted by Crippen LogP contribution is -2.15. The maximum atomic E-state index is 5.39. The number of rotatable bonds is 5. The maximum Gasteiger partial charge on any atom is 0.179 e.